The zero-order valence-electron chi connectivity index (χ0n) is 9.53. The number of terminal acetylenes is 1. The second kappa shape index (κ2) is 6.33. The van der Waals surface area contributed by atoms with Gasteiger partial charge >= 0.3 is 0 Å². The van der Waals surface area contributed by atoms with E-state index in [0.29, 0.717) is 17.6 Å². The lowest BCUT2D eigenvalue weighted by atomic mass is 10.1. The first-order valence-corrected chi connectivity index (χ1v) is 5.06. The van der Waals surface area contributed by atoms with Crippen molar-refractivity contribution in [1.82, 2.24) is 5.32 Å². The van der Waals surface area contributed by atoms with Crippen molar-refractivity contribution in [1.29, 1.82) is 0 Å². The standard InChI is InChI=1S/C13H13NO3/c1-3-7-14-12(16)9-17-13-10(2)5-4-6-11(13)8-15/h1,4-6,8H,7,9H2,2H3,(H,14,16). The minimum atomic E-state index is -0.317. The molecule has 17 heavy (non-hydrogen) atoms. The SMILES string of the molecule is C#CCNC(=O)COc1c(C)cccc1C=O. The summed E-state index contributed by atoms with van der Waals surface area (Å²) in [5.74, 6) is 2.40. The van der Waals surface area contributed by atoms with E-state index < -0.39 is 0 Å². The molecule has 0 aliphatic heterocycles. The Morgan fingerprint density at radius 1 is 1.59 bits per heavy atom. The van der Waals surface area contributed by atoms with Crippen molar-refractivity contribution in [3.05, 3.63) is 29.3 Å². The smallest absolute Gasteiger partial charge is 0.258 e. The van der Waals surface area contributed by atoms with Gasteiger partial charge in [-0.2, -0.15) is 0 Å². The molecule has 0 bridgehead atoms. The molecule has 0 saturated carbocycles. The summed E-state index contributed by atoms with van der Waals surface area (Å²) in [6.07, 6.45) is 5.70. The molecule has 0 aliphatic rings. The third kappa shape index (κ3) is 3.65. The highest BCUT2D eigenvalue weighted by atomic mass is 16.5. The van der Waals surface area contributed by atoms with Crippen molar-refractivity contribution in [2.24, 2.45) is 0 Å². The topological polar surface area (TPSA) is 55.4 Å². The van der Waals surface area contributed by atoms with Gasteiger partial charge in [0.2, 0.25) is 0 Å². The quantitative estimate of drug-likeness (QED) is 0.606. The number of amides is 1. The van der Waals surface area contributed by atoms with Gasteiger partial charge in [0.05, 0.1) is 12.1 Å². The number of para-hydroxylation sites is 1. The number of aryl methyl sites for hydroxylation is 1. The first kappa shape index (κ1) is 12.8. The van der Waals surface area contributed by atoms with Crippen LogP contribution in [0.1, 0.15) is 15.9 Å². The predicted octanol–water partition coefficient (Wildman–Crippen LogP) is 0.936. The van der Waals surface area contributed by atoms with Gasteiger partial charge in [-0.05, 0) is 18.6 Å². The summed E-state index contributed by atoms with van der Waals surface area (Å²) in [4.78, 5) is 22.1. The van der Waals surface area contributed by atoms with Crippen LogP contribution < -0.4 is 10.1 Å². The van der Waals surface area contributed by atoms with Gasteiger partial charge in [0, 0.05) is 0 Å². The number of hydrogen-bond acceptors (Lipinski definition) is 3. The van der Waals surface area contributed by atoms with Crippen LogP contribution in [0.4, 0.5) is 0 Å². The highest BCUT2D eigenvalue weighted by Crippen LogP contribution is 2.21. The number of hydrogen-bond donors (Lipinski definition) is 1. The summed E-state index contributed by atoms with van der Waals surface area (Å²) in [7, 11) is 0. The lowest BCUT2D eigenvalue weighted by molar-refractivity contribution is -0.122. The normalized spacial score (nSPS) is 9.18. The monoisotopic (exact) mass is 231 g/mol. The van der Waals surface area contributed by atoms with Gasteiger partial charge in [-0.15, -0.1) is 6.42 Å². The third-order valence-electron chi connectivity index (χ3n) is 2.10. The maximum absolute atomic E-state index is 11.3. The Labute approximate surface area is 100.0 Å². The molecule has 0 fully saturated rings. The Morgan fingerprint density at radius 3 is 3.00 bits per heavy atom. The molecule has 4 heteroatoms. The Bertz CT molecular complexity index is 460. The highest BCUT2D eigenvalue weighted by molar-refractivity contribution is 5.81. The van der Waals surface area contributed by atoms with E-state index in [1.54, 1.807) is 12.1 Å². The predicted molar refractivity (Wildman–Crippen MR) is 63.9 cm³/mol. The van der Waals surface area contributed by atoms with E-state index in [-0.39, 0.29) is 19.1 Å². The van der Waals surface area contributed by atoms with E-state index in [1.807, 2.05) is 13.0 Å². The molecule has 0 aromatic heterocycles. The van der Waals surface area contributed by atoms with Gasteiger partial charge in [0.25, 0.3) is 5.91 Å². The van der Waals surface area contributed by atoms with Crippen molar-refractivity contribution in [3.8, 4) is 18.1 Å². The Hall–Kier alpha value is -2.28. The maximum atomic E-state index is 11.3. The molecule has 1 rings (SSSR count). The molecule has 1 aromatic carbocycles. The molecular formula is C13H13NO3. The largest absolute Gasteiger partial charge is 0.483 e. The summed E-state index contributed by atoms with van der Waals surface area (Å²) >= 11 is 0. The summed E-state index contributed by atoms with van der Waals surface area (Å²) in [6, 6.07) is 5.20. The molecule has 0 aliphatic carbocycles. The van der Waals surface area contributed by atoms with E-state index in [9.17, 15) is 9.59 Å². The van der Waals surface area contributed by atoms with Crippen LogP contribution in [0.5, 0.6) is 5.75 Å². The average Bonchev–Trinajstić information content (AvgIpc) is 2.34. The molecule has 1 N–H and O–H groups in total. The van der Waals surface area contributed by atoms with E-state index in [0.717, 1.165) is 5.56 Å². The second-order valence-electron chi connectivity index (χ2n) is 3.38. The summed E-state index contributed by atoms with van der Waals surface area (Å²) in [6.45, 7) is 1.81. The summed E-state index contributed by atoms with van der Waals surface area (Å²) in [5, 5.41) is 2.47. The van der Waals surface area contributed by atoms with Crippen LogP contribution in [-0.2, 0) is 4.79 Å². The van der Waals surface area contributed by atoms with Crippen LogP contribution in [0.3, 0.4) is 0 Å². The number of nitrogens with one attached hydrogen (secondary N) is 1. The number of ether oxygens (including phenoxy) is 1. The third-order valence-corrected chi connectivity index (χ3v) is 2.10. The molecule has 1 amide bonds. The molecule has 0 spiro atoms. The van der Waals surface area contributed by atoms with Crippen molar-refractivity contribution in [2.75, 3.05) is 13.2 Å². The number of aldehydes is 1. The number of rotatable bonds is 5. The lowest BCUT2D eigenvalue weighted by Crippen LogP contribution is -2.29. The molecule has 4 nitrogen and oxygen atoms in total. The van der Waals surface area contributed by atoms with Gasteiger partial charge in [0.15, 0.2) is 12.9 Å². The summed E-state index contributed by atoms with van der Waals surface area (Å²) in [5.41, 5.74) is 1.23. The minimum Gasteiger partial charge on any atom is -0.483 e. The minimum absolute atomic E-state index is 0.159. The number of benzene rings is 1. The maximum Gasteiger partial charge on any atom is 0.258 e. The first-order chi connectivity index (χ1) is 8.19. The highest BCUT2D eigenvalue weighted by Gasteiger charge is 2.08. The van der Waals surface area contributed by atoms with E-state index in [2.05, 4.69) is 11.2 Å². The Balaban J connectivity index is 2.66. The Kier molecular flexibility index (Phi) is 4.77. The first-order valence-electron chi connectivity index (χ1n) is 5.06. The fraction of sp³-hybridized carbons (Fsp3) is 0.231. The lowest BCUT2D eigenvalue weighted by Gasteiger charge is -2.10. The van der Waals surface area contributed by atoms with E-state index >= 15 is 0 Å². The van der Waals surface area contributed by atoms with Gasteiger partial charge in [-0.1, -0.05) is 18.1 Å². The fourth-order valence-electron chi connectivity index (χ4n) is 1.30. The van der Waals surface area contributed by atoms with Crippen LogP contribution >= 0.6 is 0 Å². The molecule has 0 saturated heterocycles. The number of carbonyl (C=O) groups excluding carboxylic acids is 2. The summed E-state index contributed by atoms with van der Waals surface area (Å²) < 4.78 is 5.31. The van der Waals surface area contributed by atoms with E-state index in [4.69, 9.17) is 11.2 Å². The average molecular weight is 231 g/mol. The zero-order chi connectivity index (χ0) is 12.7. The van der Waals surface area contributed by atoms with Crippen molar-refractivity contribution in [2.45, 2.75) is 6.92 Å². The fourth-order valence-corrected chi connectivity index (χ4v) is 1.30. The zero-order valence-corrected chi connectivity index (χ0v) is 9.53. The van der Waals surface area contributed by atoms with Gasteiger partial charge < -0.3 is 10.1 Å². The molecule has 88 valence electrons. The molecule has 0 radical (unpaired) electrons. The van der Waals surface area contributed by atoms with E-state index in [1.165, 1.54) is 0 Å². The van der Waals surface area contributed by atoms with Gasteiger partial charge in [0.1, 0.15) is 5.75 Å². The van der Waals surface area contributed by atoms with Crippen molar-refractivity contribution < 1.29 is 14.3 Å². The van der Waals surface area contributed by atoms with Crippen molar-refractivity contribution >= 4 is 12.2 Å². The van der Waals surface area contributed by atoms with Crippen LogP contribution in [-0.4, -0.2) is 25.3 Å². The van der Waals surface area contributed by atoms with Crippen LogP contribution in [0.25, 0.3) is 0 Å². The molecule has 0 atom stereocenters. The van der Waals surface area contributed by atoms with Crippen LogP contribution in [0.15, 0.2) is 18.2 Å². The second-order valence-corrected chi connectivity index (χ2v) is 3.38. The number of carbonyl (C=O) groups is 2. The molecule has 1 aromatic rings. The Morgan fingerprint density at radius 2 is 2.35 bits per heavy atom. The molecule has 0 heterocycles. The van der Waals surface area contributed by atoms with Crippen molar-refractivity contribution in [3.63, 3.8) is 0 Å². The van der Waals surface area contributed by atoms with Gasteiger partial charge in [-0.25, -0.2) is 0 Å². The van der Waals surface area contributed by atoms with Crippen LogP contribution in [0.2, 0.25) is 0 Å². The van der Waals surface area contributed by atoms with Gasteiger partial charge in [-0.3, -0.25) is 9.59 Å². The molecule has 0 unspecified atom stereocenters. The van der Waals surface area contributed by atoms with Crippen LogP contribution in [0, 0.1) is 19.3 Å². The molecular weight excluding hydrogens is 218 g/mol.